The molecule has 0 atom stereocenters. The molecule has 0 aliphatic carbocycles. The third kappa shape index (κ3) is 2.54. The fourth-order valence-electron chi connectivity index (χ4n) is 2.36. The first-order valence-corrected chi connectivity index (χ1v) is 6.70. The monoisotopic (exact) mass is 294 g/mol. The molecule has 0 aliphatic heterocycles. The molecule has 0 unspecified atom stereocenters. The summed E-state index contributed by atoms with van der Waals surface area (Å²) in [5, 5.41) is 6.28. The van der Waals surface area contributed by atoms with Gasteiger partial charge < -0.3 is 15.2 Å². The molecule has 1 aromatic carbocycles. The third-order valence-corrected chi connectivity index (χ3v) is 3.42. The van der Waals surface area contributed by atoms with E-state index in [0.717, 1.165) is 10.9 Å². The van der Waals surface area contributed by atoms with E-state index in [-0.39, 0.29) is 5.91 Å². The maximum absolute atomic E-state index is 12.4. The maximum Gasteiger partial charge on any atom is 0.272 e. The largest absolute Gasteiger partial charge is 0.340 e. The number of hydrogen-bond acceptors (Lipinski definition) is 3. The average Bonchev–Trinajstić information content (AvgIpc) is 2.85. The van der Waals surface area contributed by atoms with Gasteiger partial charge in [0.05, 0.1) is 11.9 Å². The van der Waals surface area contributed by atoms with Crippen LogP contribution in [-0.4, -0.2) is 21.9 Å². The second kappa shape index (κ2) is 5.69. The van der Waals surface area contributed by atoms with Gasteiger partial charge in [-0.15, -0.1) is 0 Å². The van der Waals surface area contributed by atoms with Crippen LogP contribution in [0.1, 0.15) is 10.5 Å². The predicted molar refractivity (Wildman–Crippen MR) is 84.8 cm³/mol. The van der Waals surface area contributed by atoms with E-state index in [1.165, 1.54) is 0 Å². The number of carbonyl (C=O) groups is 2. The number of rotatable bonds is 4. The summed E-state index contributed by atoms with van der Waals surface area (Å²) in [4.78, 5) is 26.9. The Morgan fingerprint density at radius 3 is 2.82 bits per heavy atom. The lowest BCUT2D eigenvalue weighted by molar-refractivity contribution is -0.105. The molecule has 110 valence electrons. The number of carbonyl (C=O) groups excluding carboxylic acids is 2. The number of fused-ring (bicyclic) bond motifs is 1. The number of benzene rings is 1. The normalized spacial score (nSPS) is 10.4. The first kappa shape index (κ1) is 13.8. The van der Waals surface area contributed by atoms with Crippen LogP contribution in [0.3, 0.4) is 0 Å². The lowest BCUT2D eigenvalue weighted by atomic mass is 10.2. The first-order valence-electron chi connectivity index (χ1n) is 6.70. The molecule has 0 bridgehead atoms. The highest BCUT2D eigenvalue weighted by Crippen LogP contribution is 2.23. The van der Waals surface area contributed by atoms with Crippen molar-refractivity contribution < 1.29 is 9.59 Å². The molecule has 0 saturated carbocycles. The standard InChI is InChI=1S/C16H14N4O2/c1-20-14-5-4-12(18-10-21)7-11(14)8-15(20)16(22)19-13-3-2-6-17-9-13/h2-10H,1H3,(H,18,21)(H,19,22). The van der Waals surface area contributed by atoms with Crippen LogP contribution < -0.4 is 10.6 Å². The van der Waals surface area contributed by atoms with Crippen LogP contribution in [0.15, 0.2) is 48.8 Å². The minimum atomic E-state index is -0.211. The Morgan fingerprint density at radius 1 is 1.23 bits per heavy atom. The highest BCUT2D eigenvalue weighted by molar-refractivity contribution is 6.06. The zero-order valence-corrected chi connectivity index (χ0v) is 11.9. The second-order valence-corrected chi connectivity index (χ2v) is 4.82. The van der Waals surface area contributed by atoms with Crippen LogP contribution in [0.25, 0.3) is 10.9 Å². The van der Waals surface area contributed by atoms with Crippen molar-refractivity contribution in [1.29, 1.82) is 0 Å². The Morgan fingerprint density at radius 2 is 2.09 bits per heavy atom. The van der Waals surface area contributed by atoms with Crippen molar-refractivity contribution in [1.82, 2.24) is 9.55 Å². The molecule has 0 aliphatic rings. The highest BCUT2D eigenvalue weighted by Gasteiger charge is 2.13. The molecule has 0 radical (unpaired) electrons. The van der Waals surface area contributed by atoms with Gasteiger partial charge in [0.2, 0.25) is 6.41 Å². The van der Waals surface area contributed by atoms with E-state index in [0.29, 0.717) is 23.5 Å². The fraction of sp³-hybridized carbons (Fsp3) is 0.0625. The van der Waals surface area contributed by atoms with Gasteiger partial charge in [-0.3, -0.25) is 14.6 Å². The van der Waals surface area contributed by atoms with Gasteiger partial charge in [-0.25, -0.2) is 0 Å². The van der Waals surface area contributed by atoms with Gasteiger partial charge in [0, 0.05) is 29.8 Å². The minimum Gasteiger partial charge on any atom is -0.340 e. The summed E-state index contributed by atoms with van der Waals surface area (Å²) in [6.07, 6.45) is 3.86. The summed E-state index contributed by atoms with van der Waals surface area (Å²) >= 11 is 0. The number of nitrogens with one attached hydrogen (secondary N) is 2. The number of amides is 2. The Balaban J connectivity index is 1.94. The molecule has 2 N–H and O–H groups in total. The molecule has 6 nitrogen and oxygen atoms in total. The van der Waals surface area contributed by atoms with Gasteiger partial charge in [0.25, 0.3) is 5.91 Å². The number of hydrogen-bond donors (Lipinski definition) is 2. The van der Waals surface area contributed by atoms with Gasteiger partial charge in [-0.05, 0) is 36.4 Å². The minimum absolute atomic E-state index is 0.211. The van der Waals surface area contributed by atoms with Crippen molar-refractivity contribution in [3.05, 3.63) is 54.5 Å². The summed E-state index contributed by atoms with van der Waals surface area (Å²) in [7, 11) is 1.83. The number of anilines is 2. The molecular weight excluding hydrogens is 280 g/mol. The van der Waals surface area contributed by atoms with Gasteiger partial charge in [0.15, 0.2) is 0 Å². The molecule has 22 heavy (non-hydrogen) atoms. The molecule has 3 aromatic rings. The SMILES string of the molecule is Cn1c(C(=O)Nc2cccnc2)cc2cc(NC=O)ccc21. The van der Waals surface area contributed by atoms with Gasteiger partial charge in [-0.2, -0.15) is 0 Å². The van der Waals surface area contributed by atoms with E-state index in [1.54, 1.807) is 36.7 Å². The zero-order valence-electron chi connectivity index (χ0n) is 11.9. The molecule has 0 saturated heterocycles. The number of aryl methyl sites for hydroxylation is 1. The Bertz CT molecular complexity index is 840. The summed E-state index contributed by atoms with van der Waals surface area (Å²) in [6.45, 7) is 0. The summed E-state index contributed by atoms with van der Waals surface area (Å²) in [6, 6.07) is 10.8. The zero-order chi connectivity index (χ0) is 15.5. The van der Waals surface area contributed by atoms with Crippen LogP contribution in [0.2, 0.25) is 0 Å². The van der Waals surface area contributed by atoms with Crippen LogP contribution in [0, 0.1) is 0 Å². The Hall–Kier alpha value is -3.15. The van der Waals surface area contributed by atoms with Crippen LogP contribution >= 0.6 is 0 Å². The lowest BCUT2D eigenvalue weighted by Crippen LogP contribution is -2.15. The van der Waals surface area contributed by atoms with E-state index in [2.05, 4.69) is 15.6 Å². The van der Waals surface area contributed by atoms with Gasteiger partial charge in [0.1, 0.15) is 5.69 Å². The lowest BCUT2D eigenvalue weighted by Gasteiger charge is -2.06. The topological polar surface area (TPSA) is 76.0 Å². The van der Waals surface area contributed by atoms with E-state index in [1.807, 2.05) is 23.7 Å². The highest BCUT2D eigenvalue weighted by atomic mass is 16.2. The van der Waals surface area contributed by atoms with Crippen molar-refractivity contribution in [2.24, 2.45) is 7.05 Å². The summed E-state index contributed by atoms with van der Waals surface area (Å²) in [5.74, 6) is -0.211. The Kier molecular flexibility index (Phi) is 3.57. The fourth-order valence-corrected chi connectivity index (χ4v) is 2.36. The van der Waals surface area contributed by atoms with Crippen LogP contribution in [-0.2, 0) is 11.8 Å². The van der Waals surface area contributed by atoms with Crippen LogP contribution in [0.4, 0.5) is 11.4 Å². The molecule has 0 spiro atoms. The molecule has 2 amide bonds. The Labute approximate surface area is 126 Å². The van der Waals surface area contributed by atoms with Crippen molar-refractivity contribution in [3.8, 4) is 0 Å². The van der Waals surface area contributed by atoms with Crippen molar-refractivity contribution in [3.63, 3.8) is 0 Å². The van der Waals surface area contributed by atoms with Crippen molar-refractivity contribution >= 4 is 34.6 Å². The molecule has 6 heteroatoms. The van der Waals surface area contributed by atoms with Gasteiger partial charge in [-0.1, -0.05) is 0 Å². The smallest absolute Gasteiger partial charge is 0.272 e. The molecule has 2 heterocycles. The number of pyridine rings is 1. The predicted octanol–water partition coefficient (Wildman–Crippen LogP) is 2.39. The summed E-state index contributed by atoms with van der Waals surface area (Å²) < 4.78 is 1.81. The molecule has 0 fully saturated rings. The average molecular weight is 294 g/mol. The second-order valence-electron chi connectivity index (χ2n) is 4.82. The van der Waals surface area contributed by atoms with E-state index in [4.69, 9.17) is 0 Å². The van der Waals surface area contributed by atoms with Crippen molar-refractivity contribution in [2.75, 3.05) is 10.6 Å². The number of aromatic nitrogens is 2. The molecule has 2 aromatic heterocycles. The third-order valence-electron chi connectivity index (χ3n) is 3.42. The van der Waals surface area contributed by atoms with E-state index in [9.17, 15) is 9.59 Å². The van der Waals surface area contributed by atoms with Crippen molar-refractivity contribution in [2.45, 2.75) is 0 Å². The van der Waals surface area contributed by atoms with Gasteiger partial charge >= 0.3 is 0 Å². The van der Waals surface area contributed by atoms with E-state index < -0.39 is 0 Å². The van der Waals surface area contributed by atoms with E-state index >= 15 is 0 Å². The maximum atomic E-state index is 12.4. The summed E-state index contributed by atoms with van der Waals surface area (Å²) in [5.41, 5.74) is 2.77. The number of nitrogens with zero attached hydrogens (tertiary/aromatic N) is 2. The quantitative estimate of drug-likeness (QED) is 0.725. The van der Waals surface area contributed by atoms with Crippen LogP contribution in [0.5, 0.6) is 0 Å². The molecular formula is C16H14N4O2. The molecule has 3 rings (SSSR count). The first-order chi connectivity index (χ1) is 10.7.